The third-order valence-electron chi connectivity index (χ3n) is 4.46. The smallest absolute Gasteiger partial charge is 0.280 e. The molecule has 2 aromatic heterocycles. The summed E-state index contributed by atoms with van der Waals surface area (Å²) in [6.45, 7) is 0.977. The molecule has 2 aromatic carbocycles. The zero-order valence-corrected chi connectivity index (χ0v) is 19.0. The molecule has 8 nitrogen and oxygen atoms in total. The van der Waals surface area contributed by atoms with Gasteiger partial charge in [-0.2, -0.15) is 0 Å². The number of benzene rings is 2. The number of carbonyl (C=O) groups is 1. The Labute approximate surface area is 197 Å². The molecule has 4 rings (SSSR count). The van der Waals surface area contributed by atoms with E-state index < -0.39 is 0 Å². The van der Waals surface area contributed by atoms with Crippen molar-refractivity contribution in [2.75, 3.05) is 25.6 Å². The number of nitrogens with one attached hydrogen (secondary N) is 2. The lowest BCUT2D eigenvalue weighted by molar-refractivity contribution is 0.0937. The molecule has 0 fully saturated rings. The fourth-order valence-electron chi connectivity index (χ4n) is 2.91. The Hall–Kier alpha value is -3.34. The van der Waals surface area contributed by atoms with Crippen LogP contribution < -0.4 is 15.4 Å². The monoisotopic (exact) mass is 487 g/mol. The van der Waals surface area contributed by atoms with Gasteiger partial charge < -0.3 is 20.1 Å². The molecular weight excluding hydrogens is 469 g/mol. The van der Waals surface area contributed by atoms with Crippen LogP contribution in [0.5, 0.6) is 5.75 Å². The Bertz CT molecular complexity index is 1290. The molecule has 11 heteroatoms. The molecule has 0 aliphatic rings. The highest BCUT2D eigenvalue weighted by atomic mass is 35.5. The molecule has 0 bridgehead atoms. The van der Waals surface area contributed by atoms with Crippen molar-refractivity contribution in [1.29, 1.82) is 0 Å². The summed E-state index contributed by atoms with van der Waals surface area (Å²) in [6, 6.07) is 11.3. The van der Waals surface area contributed by atoms with Crippen LogP contribution in [0.25, 0.3) is 10.3 Å². The van der Waals surface area contributed by atoms with E-state index in [-0.39, 0.29) is 23.3 Å². The first-order valence-electron chi connectivity index (χ1n) is 9.86. The largest absolute Gasteiger partial charge is 0.487 e. The van der Waals surface area contributed by atoms with Gasteiger partial charge in [-0.15, -0.1) is 0 Å². The predicted octanol–water partition coefficient (Wildman–Crippen LogP) is 4.58. The maximum Gasteiger partial charge on any atom is 0.280 e. The molecule has 0 atom stereocenters. The normalized spacial score (nSPS) is 10.9. The standard InChI is InChI=1S/C22H19ClFN5O3S/c1-31-8-7-25-20(30)22-29-18-19(26-12-27-21(18)33-22)28-15-5-6-17(16(23)10-15)32-11-13-3-2-4-14(24)9-13/h2-6,9-10,12H,7-8,11H2,1H3,(H,25,30)(H,26,27,28). The second kappa shape index (κ2) is 10.5. The molecule has 1 amide bonds. The number of hydrogen-bond donors (Lipinski definition) is 2. The zero-order chi connectivity index (χ0) is 23.2. The molecule has 4 aromatic rings. The van der Waals surface area contributed by atoms with Gasteiger partial charge in [0.1, 0.15) is 34.8 Å². The Morgan fingerprint density at radius 3 is 2.88 bits per heavy atom. The van der Waals surface area contributed by atoms with E-state index in [0.717, 1.165) is 0 Å². The highest BCUT2D eigenvalue weighted by Crippen LogP contribution is 2.31. The van der Waals surface area contributed by atoms with E-state index in [1.165, 1.54) is 29.8 Å². The molecule has 0 aliphatic carbocycles. The van der Waals surface area contributed by atoms with E-state index in [4.69, 9.17) is 21.1 Å². The number of thiazole rings is 1. The highest BCUT2D eigenvalue weighted by Gasteiger charge is 2.16. The van der Waals surface area contributed by atoms with Crippen LogP contribution in [0.15, 0.2) is 48.8 Å². The van der Waals surface area contributed by atoms with Gasteiger partial charge in [-0.3, -0.25) is 4.79 Å². The average molecular weight is 488 g/mol. The number of carbonyl (C=O) groups excluding carboxylic acids is 1. The third kappa shape index (κ3) is 5.72. The van der Waals surface area contributed by atoms with Gasteiger partial charge in [-0.05, 0) is 35.9 Å². The number of rotatable bonds is 9. The van der Waals surface area contributed by atoms with Crippen LogP contribution >= 0.6 is 22.9 Å². The van der Waals surface area contributed by atoms with E-state index in [2.05, 4.69) is 25.6 Å². The van der Waals surface area contributed by atoms with Crippen LogP contribution in [-0.2, 0) is 11.3 Å². The van der Waals surface area contributed by atoms with E-state index in [0.29, 0.717) is 51.3 Å². The highest BCUT2D eigenvalue weighted by molar-refractivity contribution is 7.19. The van der Waals surface area contributed by atoms with Crippen LogP contribution in [0, 0.1) is 5.82 Å². The summed E-state index contributed by atoms with van der Waals surface area (Å²) in [5.74, 6) is 0.277. The fourth-order valence-corrected chi connectivity index (χ4v) is 3.96. The number of amides is 1. The number of aromatic nitrogens is 3. The van der Waals surface area contributed by atoms with Crippen LogP contribution in [-0.4, -0.2) is 41.1 Å². The first-order valence-corrected chi connectivity index (χ1v) is 11.1. The number of hydrogen-bond acceptors (Lipinski definition) is 8. The molecule has 0 radical (unpaired) electrons. The van der Waals surface area contributed by atoms with E-state index in [1.54, 1.807) is 37.4 Å². The lowest BCUT2D eigenvalue weighted by atomic mass is 10.2. The summed E-state index contributed by atoms with van der Waals surface area (Å²) in [5, 5.41) is 6.54. The van der Waals surface area contributed by atoms with E-state index in [1.807, 2.05) is 0 Å². The molecule has 0 saturated heterocycles. The SMILES string of the molecule is COCCNC(=O)c1nc2c(Nc3ccc(OCc4cccc(F)c4)c(Cl)c3)ncnc2s1. The zero-order valence-electron chi connectivity index (χ0n) is 17.5. The minimum absolute atomic E-state index is 0.185. The Morgan fingerprint density at radius 1 is 1.21 bits per heavy atom. The van der Waals surface area contributed by atoms with Crippen molar-refractivity contribution in [2.24, 2.45) is 0 Å². The van der Waals surface area contributed by atoms with Crippen LogP contribution in [0.4, 0.5) is 15.9 Å². The predicted molar refractivity (Wildman–Crippen MR) is 125 cm³/mol. The Morgan fingerprint density at radius 2 is 2.09 bits per heavy atom. The lowest BCUT2D eigenvalue weighted by Crippen LogP contribution is -2.26. The Balaban J connectivity index is 1.47. The maximum atomic E-state index is 13.3. The van der Waals surface area contributed by atoms with Crippen molar-refractivity contribution in [2.45, 2.75) is 6.61 Å². The fraction of sp³-hybridized carbons (Fsp3) is 0.182. The second-order valence-corrected chi connectivity index (χ2v) is 8.22. The van der Waals surface area contributed by atoms with Gasteiger partial charge in [-0.1, -0.05) is 35.1 Å². The van der Waals surface area contributed by atoms with Crippen LogP contribution in [0.2, 0.25) is 5.02 Å². The third-order valence-corrected chi connectivity index (χ3v) is 5.72. The van der Waals surface area contributed by atoms with Gasteiger partial charge in [0, 0.05) is 19.3 Å². The van der Waals surface area contributed by atoms with Gasteiger partial charge in [0.2, 0.25) is 0 Å². The van der Waals surface area contributed by atoms with Gasteiger partial charge in [0.15, 0.2) is 10.8 Å². The molecule has 0 unspecified atom stereocenters. The van der Waals surface area contributed by atoms with Crippen molar-refractivity contribution in [3.63, 3.8) is 0 Å². The lowest BCUT2D eigenvalue weighted by Gasteiger charge is -2.11. The molecule has 33 heavy (non-hydrogen) atoms. The minimum Gasteiger partial charge on any atom is -0.487 e. The number of ether oxygens (including phenoxy) is 2. The number of halogens is 2. The van der Waals surface area contributed by atoms with Crippen molar-refractivity contribution in [3.05, 3.63) is 70.2 Å². The molecule has 2 N–H and O–H groups in total. The van der Waals surface area contributed by atoms with Gasteiger partial charge >= 0.3 is 0 Å². The van der Waals surface area contributed by atoms with E-state index >= 15 is 0 Å². The first kappa shape index (κ1) is 22.8. The second-order valence-electron chi connectivity index (χ2n) is 6.83. The number of fused-ring (bicyclic) bond motifs is 1. The van der Waals surface area contributed by atoms with E-state index in [9.17, 15) is 9.18 Å². The number of nitrogens with zero attached hydrogens (tertiary/aromatic N) is 3. The molecule has 0 saturated carbocycles. The van der Waals surface area contributed by atoms with Crippen molar-refractivity contribution in [1.82, 2.24) is 20.3 Å². The van der Waals surface area contributed by atoms with Crippen LogP contribution in [0.3, 0.4) is 0 Å². The summed E-state index contributed by atoms with van der Waals surface area (Å²) in [7, 11) is 1.56. The van der Waals surface area contributed by atoms with Crippen molar-refractivity contribution >= 4 is 50.7 Å². The first-order chi connectivity index (χ1) is 16.0. The molecule has 0 aliphatic heterocycles. The summed E-state index contributed by atoms with van der Waals surface area (Å²) < 4.78 is 24.0. The molecule has 170 valence electrons. The molecular formula is C22H19ClFN5O3S. The molecule has 2 heterocycles. The minimum atomic E-state index is -0.324. The van der Waals surface area contributed by atoms with Gasteiger partial charge in [0.05, 0.1) is 11.6 Å². The Kier molecular flexibility index (Phi) is 7.28. The van der Waals surface area contributed by atoms with Gasteiger partial charge in [-0.25, -0.2) is 19.3 Å². The maximum absolute atomic E-state index is 13.3. The number of anilines is 2. The number of methoxy groups -OCH3 is 1. The van der Waals surface area contributed by atoms with Crippen molar-refractivity contribution < 1.29 is 18.7 Å². The van der Waals surface area contributed by atoms with Crippen molar-refractivity contribution in [3.8, 4) is 5.75 Å². The summed E-state index contributed by atoms with van der Waals surface area (Å²) in [6.07, 6.45) is 1.40. The topological polar surface area (TPSA) is 98.3 Å². The van der Waals surface area contributed by atoms with Crippen LogP contribution in [0.1, 0.15) is 15.4 Å². The average Bonchev–Trinajstić information content (AvgIpc) is 3.24. The quantitative estimate of drug-likeness (QED) is 0.333. The summed E-state index contributed by atoms with van der Waals surface area (Å²) in [4.78, 5) is 25.7. The molecule has 0 spiro atoms. The summed E-state index contributed by atoms with van der Waals surface area (Å²) in [5.41, 5.74) is 1.82. The summed E-state index contributed by atoms with van der Waals surface area (Å²) >= 11 is 7.54. The van der Waals surface area contributed by atoms with Gasteiger partial charge in [0.25, 0.3) is 5.91 Å².